The number of nitrogens with two attached hydrogens (primary N) is 2. The quantitative estimate of drug-likeness (QED) is 0.808. The first-order chi connectivity index (χ1) is 7.88. The van der Waals surface area contributed by atoms with Gasteiger partial charge in [0, 0.05) is 6.20 Å². The fourth-order valence-electron chi connectivity index (χ4n) is 1.16. The fraction of sp³-hybridized carbons (Fsp3) is 0. The van der Waals surface area contributed by atoms with E-state index >= 15 is 0 Å². The number of nitrogen functional groups attached to an aromatic ring is 1. The molecule has 2 aromatic heterocycles. The molecule has 0 spiro atoms. The van der Waals surface area contributed by atoms with Crippen LogP contribution in [0.1, 0.15) is 0 Å². The Morgan fingerprint density at radius 1 is 1.35 bits per heavy atom. The van der Waals surface area contributed by atoms with Crippen LogP contribution in [0.25, 0.3) is 5.82 Å². The van der Waals surface area contributed by atoms with E-state index in [1.807, 2.05) is 0 Å². The summed E-state index contributed by atoms with van der Waals surface area (Å²) in [5.74, 6) is 0.556. The van der Waals surface area contributed by atoms with Gasteiger partial charge >= 0.3 is 0 Å². The second-order valence-electron chi connectivity index (χ2n) is 3.20. The number of halogens is 1. The van der Waals surface area contributed by atoms with E-state index in [-0.39, 0.29) is 10.7 Å². The van der Waals surface area contributed by atoms with Crippen LogP contribution in [0.4, 0.5) is 5.82 Å². The average Bonchev–Trinajstić information content (AvgIpc) is 2.58. The Morgan fingerprint density at radius 3 is 2.47 bits per heavy atom. The lowest BCUT2D eigenvalue weighted by molar-refractivity contribution is 0.597. The zero-order valence-electron chi connectivity index (χ0n) is 8.41. The molecular weight excluding hydrogens is 266 g/mol. The molecule has 9 heteroatoms. The van der Waals surface area contributed by atoms with Crippen LogP contribution < -0.4 is 10.9 Å². The van der Waals surface area contributed by atoms with E-state index < -0.39 is 10.0 Å². The number of hydrogen-bond donors (Lipinski definition) is 2. The van der Waals surface area contributed by atoms with Crippen LogP contribution in [0.2, 0.25) is 5.02 Å². The van der Waals surface area contributed by atoms with Gasteiger partial charge < -0.3 is 5.73 Å². The minimum atomic E-state index is -3.75. The molecule has 7 nitrogen and oxygen atoms in total. The Balaban J connectivity index is 2.42. The van der Waals surface area contributed by atoms with Gasteiger partial charge in [-0.05, 0) is 12.1 Å². The van der Waals surface area contributed by atoms with Crippen molar-refractivity contribution >= 4 is 27.4 Å². The smallest absolute Gasteiger partial charge is 0.239 e. The van der Waals surface area contributed by atoms with Gasteiger partial charge in [0.25, 0.3) is 0 Å². The summed E-state index contributed by atoms with van der Waals surface area (Å²) >= 11 is 5.73. The highest BCUT2D eigenvalue weighted by atomic mass is 35.5. The van der Waals surface area contributed by atoms with Gasteiger partial charge in [0.1, 0.15) is 9.92 Å². The third kappa shape index (κ3) is 2.38. The van der Waals surface area contributed by atoms with Gasteiger partial charge in [0.2, 0.25) is 10.0 Å². The normalized spacial score (nSPS) is 11.6. The second kappa shape index (κ2) is 3.99. The van der Waals surface area contributed by atoms with Gasteiger partial charge in [-0.3, -0.25) is 0 Å². The van der Waals surface area contributed by atoms with Crippen molar-refractivity contribution in [3.63, 3.8) is 0 Å². The van der Waals surface area contributed by atoms with Crippen molar-refractivity contribution in [3.05, 3.63) is 29.5 Å². The molecular formula is C8H8ClN5O2S. The third-order valence-electron chi connectivity index (χ3n) is 1.98. The number of nitrogens with zero attached hydrogens (tertiary/aromatic N) is 3. The number of aromatic nitrogens is 3. The minimum absolute atomic E-state index is 0.0764. The molecule has 4 N–H and O–H groups in total. The highest BCUT2D eigenvalue weighted by molar-refractivity contribution is 7.89. The van der Waals surface area contributed by atoms with Crippen molar-refractivity contribution in [1.29, 1.82) is 0 Å². The van der Waals surface area contributed by atoms with Gasteiger partial charge in [0.15, 0.2) is 11.6 Å². The topological polar surface area (TPSA) is 117 Å². The summed E-state index contributed by atoms with van der Waals surface area (Å²) in [6.07, 6.45) is 2.60. The lowest BCUT2D eigenvalue weighted by Gasteiger charge is -2.01. The van der Waals surface area contributed by atoms with Gasteiger partial charge in [-0.1, -0.05) is 11.6 Å². The molecule has 0 amide bonds. The van der Waals surface area contributed by atoms with Gasteiger partial charge in [-0.15, -0.1) is 5.10 Å². The van der Waals surface area contributed by atoms with Crippen molar-refractivity contribution in [2.75, 3.05) is 5.73 Å². The molecule has 17 heavy (non-hydrogen) atoms. The Kier molecular flexibility index (Phi) is 2.77. The molecule has 0 unspecified atom stereocenters. The van der Waals surface area contributed by atoms with Crippen molar-refractivity contribution in [3.8, 4) is 5.82 Å². The molecule has 0 atom stereocenters. The Hall–Kier alpha value is -1.64. The summed E-state index contributed by atoms with van der Waals surface area (Å²) in [5.41, 5.74) is 5.47. The van der Waals surface area contributed by atoms with Crippen molar-refractivity contribution in [1.82, 2.24) is 14.8 Å². The number of primary sulfonamides is 1. The lowest BCUT2D eigenvalue weighted by Crippen LogP contribution is -2.12. The third-order valence-corrected chi connectivity index (χ3v) is 3.17. The first-order valence-corrected chi connectivity index (χ1v) is 6.30. The van der Waals surface area contributed by atoms with Gasteiger partial charge in [-0.25, -0.2) is 23.2 Å². The van der Waals surface area contributed by atoms with E-state index in [1.165, 1.54) is 23.0 Å². The first kappa shape index (κ1) is 11.8. The van der Waals surface area contributed by atoms with Crippen LogP contribution in [0, 0.1) is 0 Å². The number of anilines is 1. The van der Waals surface area contributed by atoms with E-state index in [1.54, 1.807) is 0 Å². The molecule has 0 bridgehead atoms. The first-order valence-electron chi connectivity index (χ1n) is 4.38. The van der Waals surface area contributed by atoms with Crippen LogP contribution in [0.15, 0.2) is 29.4 Å². The standard InChI is InChI=1S/C8H8ClN5O2S/c9-6-4-14(13-8(6)10)7-2-1-5(3-12-7)17(11,15)16/h1-4H,(H2,10,13)(H2,11,15,16). The zero-order chi connectivity index (χ0) is 12.6. The molecule has 0 aliphatic heterocycles. The zero-order valence-corrected chi connectivity index (χ0v) is 9.98. The molecule has 2 heterocycles. The second-order valence-corrected chi connectivity index (χ2v) is 5.17. The molecule has 0 fully saturated rings. The maximum Gasteiger partial charge on any atom is 0.239 e. The van der Waals surface area contributed by atoms with E-state index in [2.05, 4.69) is 10.1 Å². The lowest BCUT2D eigenvalue weighted by atomic mass is 10.5. The number of pyridine rings is 1. The molecule has 0 aromatic carbocycles. The molecule has 0 saturated carbocycles. The summed E-state index contributed by atoms with van der Waals surface area (Å²) in [7, 11) is -3.75. The molecule has 2 rings (SSSR count). The predicted molar refractivity (Wildman–Crippen MR) is 62.2 cm³/mol. The molecule has 0 aliphatic rings. The van der Waals surface area contributed by atoms with Crippen molar-refractivity contribution in [2.45, 2.75) is 4.90 Å². The SMILES string of the molecule is Nc1nn(-c2ccc(S(N)(=O)=O)cn2)cc1Cl. The highest BCUT2D eigenvalue weighted by Crippen LogP contribution is 2.18. The molecule has 2 aromatic rings. The van der Waals surface area contributed by atoms with Gasteiger partial charge in [-0.2, -0.15) is 0 Å². The van der Waals surface area contributed by atoms with Crippen molar-refractivity contribution in [2.24, 2.45) is 5.14 Å². The Labute approximate surface area is 102 Å². The summed E-state index contributed by atoms with van der Waals surface area (Å²) in [5, 5.41) is 9.13. The summed E-state index contributed by atoms with van der Waals surface area (Å²) in [6, 6.07) is 2.77. The monoisotopic (exact) mass is 273 g/mol. The van der Waals surface area contributed by atoms with Crippen LogP contribution in [0.5, 0.6) is 0 Å². The minimum Gasteiger partial charge on any atom is -0.381 e. The average molecular weight is 274 g/mol. The van der Waals surface area contributed by atoms with Crippen molar-refractivity contribution < 1.29 is 8.42 Å². The Bertz CT molecular complexity index is 630. The molecule has 0 saturated heterocycles. The maximum atomic E-state index is 11.0. The molecule has 90 valence electrons. The van der Waals surface area contributed by atoms with E-state index in [9.17, 15) is 8.42 Å². The Morgan fingerprint density at radius 2 is 2.06 bits per heavy atom. The highest BCUT2D eigenvalue weighted by Gasteiger charge is 2.10. The fourth-order valence-corrected chi connectivity index (χ4v) is 1.75. The van der Waals surface area contributed by atoms with Crippen LogP contribution >= 0.6 is 11.6 Å². The van der Waals surface area contributed by atoms with E-state index in [0.29, 0.717) is 10.8 Å². The largest absolute Gasteiger partial charge is 0.381 e. The summed E-state index contributed by atoms with van der Waals surface area (Å²) < 4.78 is 23.4. The number of sulfonamides is 1. The summed E-state index contributed by atoms with van der Waals surface area (Å²) in [6.45, 7) is 0. The molecule has 0 radical (unpaired) electrons. The maximum absolute atomic E-state index is 11.0. The number of hydrogen-bond acceptors (Lipinski definition) is 5. The van der Waals surface area contributed by atoms with Crippen LogP contribution in [-0.4, -0.2) is 23.2 Å². The predicted octanol–water partition coefficient (Wildman–Crippen LogP) is 0.150. The summed E-state index contributed by atoms with van der Waals surface area (Å²) in [4.78, 5) is 3.82. The molecule has 0 aliphatic carbocycles. The van der Waals surface area contributed by atoms with Crippen LogP contribution in [-0.2, 0) is 10.0 Å². The van der Waals surface area contributed by atoms with Crippen LogP contribution in [0.3, 0.4) is 0 Å². The van der Waals surface area contributed by atoms with E-state index in [4.69, 9.17) is 22.5 Å². The number of rotatable bonds is 2. The van der Waals surface area contributed by atoms with Gasteiger partial charge in [0.05, 0.1) is 6.20 Å². The van der Waals surface area contributed by atoms with E-state index in [0.717, 1.165) is 6.20 Å².